The first-order valence-corrected chi connectivity index (χ1v) is 8.51. The lowest BCUT2D eigenvalue weighted by molar-refractivity contribution is -0.120. The molecule has 1 saturated heterocycles. The van der Waals surface area contributed by atoms with Gasteiger partial charge in [-0.05, 0) is 19.1 Å². The highest BCUT2D eigenvalue weighted by Crippen LogP contribution is 2.16. The van der Waals surface area contributed by atoms with Gasteiger partial charge in [-0.1, -0.05) is 0 Å². The fourth-order valence-corrected chi connectivity index (χ4v) is 2.92. The number of hydrogen-bond acceptors (Lipinski definition) is 3. The second-order valence-electron chi connectivity index (χ2n) is 6.12. The zero-order valence-electron chi connectivity index (χ0n) is 15.0. The van der Waals surface area contributed by atoms with Crippen molar-refractivity contribution < 1.29 is 4.79 Å². The maximum Gasteiger partial charge on any atom is 0.246 e. The fraction of sp³-hybridized carbons (Fsp3) is 0.471. The summed E-state index contributed by atoms with van der Waals surface area (Å²) < 4.78 is 3.76. The molecule has 0 saturated carbocycles. The second-order valence-corrected chi connectivity index (χ2v) is 6.12. The monoisotopic (exact) mass is 343 g/mol. The number of rotatable bonds is 4. The van der Waals surface area contributed by atoms with Crippen molar-refractivity contribution in [2.24, 2.45) is 19.1 Å². The molecule has 0 aliphatic carbocycles. The minimum absolute atomic E-state index is 0.0590. The van der Waals surface area contributed by atoms with E-state index < -0.39 is 0 Å². The number of anilines is 1. The molecule has 1 aliphatic heterocycles. The Kier molecular flexibility index (Phi) is 5.06. The number of guanidine groups is 1. The van der Waals surface area contributed by atoms with E-state index in [0.29, 0.717) is 19.6 Å². The molecule has 0 spiro atoms. The van der Waals surface area contributed by atoms with Crippen LogP contribution in [0.15, 0.2) is 35.7 Å². The van der Waals surface area contributed by atoms with E-state index in [0.717, 1.165) is 30.4 Å². The average molecular weight is 343 g/mol. The van der Waals surface area contributed by atoms with Crippen LogP contribution in [-0.2, 0) is 25.4 Å². The molecule has 1 N–H and O–H groups in total. The smallest absolute Gasteiger partial charge is 0.246 e. The molecule has 0 atom stereocenters. The molecule has 0 radical (unpaired) electrons. The Balaban J connectivity index is 1.69. The number of hydrogen-bond donors (Lipinski definition) is 1. The number of aromatic nitrogens is 3. The molecule has 0 bridgehead atoms. The van der Waals surface area contributed by atoms with Crippen molar-refractivity contribution in [2.45, 2.75) is 13.5 Å². The Labute approximate surface area is 147 Å². The van der Waals surface area contributed by atoms with Crippen LogP contribution in [0.4, 0.5) is 5.69 Å². The summed E-state index contributed by atoms with van der Waals surface area (Å²) in [5.41, 5.74) is 1.98. The van der Waals surface area contributed by atoms with E-state index in [9.17, 15) is 4.79 Å². The first-order valence-electron chi connectivity index (χ1n) is 8.51. The Morgan fingerprint density at radius 2 is 2.20 bits per heavy atom. The zero-order chi connectivity index (χ0) is 17.8. The molecule has 2 aromatic rings. The van der Waals surface area contributed by atoms with E-state index in [1.807, 2.05) is 44.4 Å². The maximum absolute atomic E-state index is 12.6. The lowest BCUT2D eigenvalue weighted by Crippen LogP contribution is -2.55. The molecule has 1 amide bonds. The maximum atomic E-state index is 12.6. The van der Waals surface area contributed by atoms with Gasteiger partial charge in [-0.15, -0.1) is 0 Å². The molecule has 1 fully saturated rings. The third-order valence-corrected chi connectivity index (χ3v) is 4.30. The first-order chi connectivity index (χ1) is 12.1. The van der Waals surface area contributed by atoms with Gasteiger partial charge in [0.1, 0.15) is 6.54 Å². The molecule has 8 heteroatoms. The first kappa shape index (κ1) is 17.1. The SMILES string of the molecule is CCNC(=NCc1cccn1C)N1CCN(c2cnn(C)c2)C(=O)C1. The summed E-state index contributed by atoms with van der Waals surface area (Å²) in [4.78, 5) is 21.1. The van der Waals surface area contributed by atoms with Gasteiger partial charge in [0.15, 0.2) is 5.96 Å². The predicted octanol–water partition coefficient (Wildman–Crippen LogP) is 0.573. The van der Waals surface area contributed by atoms with Crippen molar-refractivity contribution in [3.8, 4) is 0 Å². The van der Waals surface area contributed by atoms with E-state index in [1.54, 1.807) is 15.8 Å². The van der Waals surface area contributed by atoms with Gasteiger partial charge in [0.05, 0.1) is 18.4 Å². The lowest BCUT2D eigenvalue weighted by atomic mass is 10.3. The number of nitrogens with zero attached hydrogens (tertiary/aromatic N) is 6. The third-order valence-electron chi connectivity index (χ3n) is 4.30. The van der Waals surface area contributed by atoms with Crippen LogP contribution in [0, 0.1) is 0 Å². The zero-order valence-corrected chi connectivity index (χ0v) is 15.0. The van der Waals surface area contributed by atoms with E-state index in [2.05, 4.69) is 21.0 Å². The van der Waals surface area contributed by atoms with Crippen LogP contribution in [-0.4, -0.2) is 57.3 Å². The van der Waals surface area contributed by atoms with Crippen molar-refractivity contribution >= 4 is 17.6 Å². The molecule has 0 unspecified atom stereocenters. The number of aliphatic imine (C=N–C) groups is 1. The van der Waals surface area contributed by atoms with Crippen molar-refractivity contribution in [3.05, 3.63) is 36.4 Å². The number of carbonyl (C=O) groups is 1. The van der Waals surface area contributed by atoms with Crippen LogP contribution in [0.1, 0.15) is 12.6 Å². The molecule has 2 aromatic heterocycles. The van der Waals surface area contributed by atoms with Gasteiger partial charge >= 0.3 is 0 Å². The van der Waals surface area contributed by atoms with Crippen molar-refractivity contribution in [1.29, 1.82) is 0 Å². The van der Waals surface area contributed by atoms with E-state index in [1.165, 1.54) is 0 Å². The Hall–Kier alpha value is -2.77. The Bertz CT molecular complexity index is 761. The number of carbonyl (C=O) groups excluding carboxylic acids is 1. The third kappa shape index (κ3) is 3.84. The number of nitrogens with one attached hydrogen (secondary N) is 1. The van der Waals surface area contributed by atoms with E-state index in [-0.39, 0.29) is 5.91 Å². The quantitative estimate of drug-likeness (QED) is 0.651. The number of piperazine rings is 1. The normalized spacial score (nSPS) is 15.8. The van der Waals surface area contributed by atoms with Gasteiger partial charge in [0.25, 0.3) is 0 Å². The van der Waals surface area contributed by atoms with Gasteiger partial charge in [-0.2, -0.15) is 5.10 Å². The lowest BCUT2D eigenvalue weighted by Gasteiger charge is -2.35. The van der Waals surface area contributed by atoms with Gasteiger partial charge in [-0.25, -0.2) is 4.99 Å². The van der Waals surface area contributed by atoms with Crippen LogP contribution in [0.5, 0.6) is 0 Å². The molecule has 3 heterocycles. The highest BCUT2D eigenvalue weighted by molar-refractivity contribution is 5.98. The van der Waals surface area contributed by atoms with Gasteiger partial charge < -0.3 is 19.7 Å². The largest absolute Gasteiger partial charge is 0.356 e. The molecule has 134 valence electrons. The highest BCUT2D eigenvalue weighted by Gasteiger charge is 2.27. The van der Waals surface area contributed by atoms with Gasteiger partial charge in [0, 0.05) is 51.8 Å². The molecule has 3 rings (SSSR count). The fourth-order valence-electron chi connectivity index (χ4n) is 2.92. The Morgan fingerprint density at radius 1 is 1.36 bits per heavy atom. The van der Waals surface area contributed by atoms with Crippen molar-refractivity contribution in [1.82, 2.24) is 24.6 Å². The average Bonchev–Trinajstić information content (AvgIpc) is 3.20. The second kappa shape index (κ2) is 7.42. The summed E-state index contributed by atoms with van der Waals surface area (Å²) in [5, 5.41) is 7.44. The van der Waals surface area contributed by atoms with Crippen molar-refractivity contribution in [3.63, 3.8) is 0 Å². The standard InChI is InChI=1S/C17H25N7O/c1-4-18-17(19-10-14-6-5-7-21(14)2)23-8-9-24(16(25)13-23)15-11-20-22(3)12-15/h5-7,11-12H,4,8-10,13H2,1-3H3,(H,18,19). The number of aryl methyl sites for hydroxylation is 2. The summed E-state index contributed by atoms with van der Waals surface area (Å²) in [5.74, 6) is 0.839. The van der Waals surface area contributed by atoms with Crippen LogP contribution in [0.2, 0.25) is 0 Å². The molecular weight excluding hydrogens is 318 g/mol. The highest BCUT2D eigenvalue weighted by atomic mass is 16.2. The van der Waals surface area contributed by atoms with E-state index in [4.69, 9.17) is 4.99 Å². The minimum atomic E-state index is 0.0590. The summed E-state index contributed by atoms with van der Waals surface area (Å²) >= 11 is 0. The summed E-state index contributed by atoms with van der Waals surface area (Å²) in [6, 6.07) is 4.06. The van der Waals surface area contributed by atoms with Gasteiger partial charge in [-0.3, -0.25) is 9.48 Å². The molecular formula is C17H25N7O. The van der Waals surface area contributed by atoms with Crippen LogP contribution in [0.3, 0.4) is 0 Å². The van der Waals surface area contributed by atoms with E-state index >= 15 is 0 Å². The molecule has 0 aromatic carbocycles. The summed E-state index contributed by atoms with van der Waals surface area (Å²) in [6.07, 6.45) is 5.60. The van der Waals surface area contributed by atoms with Crippen LogP contribution >= 0.6 is 0 Å². The van der Waals surface area contributed by atoms with Gasteiger partial charge in [0.2, 0.25) is 5.91 Å². The minimum Gasteiger partial charge on any atom is -0.356 e. The number of amides is 1. The summed E-state index contributed by atoms with van der Waals surface area (Å²) in [6.45, 7) is 5.06. The van der Waals surface area contributed by atoms with Crippen LogP contribution in [0.25, 0.3) is 0 Å². The molecule has 1 aliphatic rings. The predicted molar refractivity (Wildman–Crippen MR) is 97.4 cm³/mol. The summed E-state index contributed by atoms with van der Waals surface area (Å²) in [7, 11) is 3.86. The van der Waals surface area contributed by atoms with Crippen LogP contribution < -0.4 is 10.2 Å². The Morgan fingerprint density at radius 3 is 2.80 bits per heavy atom. The molecule has 25 heavy (non-hydrogen) atoms. The van der Waals surface area contributed by atoms with Crippen molar-refractivity contribution in [2.75, 3.05) is 31.1 Å². The molecule has 8 nitrogen and oxygen atoms in total. The topological polar surface area (TPSA) is 70.7 Å².